The van der Waals surface area contributed by atoms with Gasteiger partial charge in [0.25, 0.3) is 0 Å². The van der Waals surface area contributed by atoms with E-state index in [-0.39, 0.29) is 12.2 Å². The summed E-state index contributed by atoms with van der Waals surface area (Å²) in [6.07, 6.45) is 0.276. The van der Waals surface area contributed by atoms with Gasteiger partial charge in [-0.05, 0) is 40.3 Å². The summed E-state index contributed by atoms with van der Waals surface area (Å²) in [7, 11) is 0. The SMILES string of the molecule is C=Nc1cncc(Br)c1/C(=N\Cc1ccnc2[nH]c(C(F)(F)F)cc12)N1CCNCC1. The number of nitrogens with one attached hydrogen (secondary N) is 2. The maximum Gasteiger partial charge on any atom is 0.431 e. The number of amidine groups is 1. The van der Waals surface area contributed by atoms with Crippen molar-refractivity contribution in [3.8, 4) is 0 Å². The lowest BCUT2D eigenvalue weighted by Crippen LogP contribution is -2.47. The standard InChI is InChI=1S/C20H19BrF3N7/c1-25-15-11-27-10-14(21)17(15)19(31-6-4-26-5-7-31)29-9-12-2-3-28-18-13(12)8-16(30-18)20(22,23)24/h2-3,8,10-11,26H,1,4-7,9H2,(H,28,30)/b29-19+. The third-order valence-electron chi connectivity index (χ3n) is 5.02. The van der Waals surface area contributed by atoms with E-state index in [1.165, 1.54) is 6.20 Å². The van der Waals surface area contributed by atoms with Gasteiger partial charge in [0.1, 0.15) is 17.2 Å². The number of H-pyrrole nitrogens is 1. The number of aromatic amines is 1. The van der Waals surface area contributed by atoms with Crippen molar-refractivity contribution in [2.75, 3.05) is 26.2 Å². The lowest BCUT2D eigenvalue weighted by molar-refractivity contribution is -0.140. The summed E-state index contributed by atoms with van der Waals surface area (Å²) in [6.45, 7) is 6.87. The monoisotopic (exact) mass is 493 g/mol. The van der Waals surface area contributed by atoms with Gasteiger partial charge in [-0.25, -0.2) is 4.98 Å². The Morgan fingerprint density at radius 2 is 2.03 bits per heavy atom. The van der Waals surface area contributed by atoms with Crippen LogP contribution in [0.25, 0.3) is 11.0 Å². The quantitative estimate of drug-likeness (QED) is 0.426. The maximum atomic E-state index is 13.1. The second-order valence-electron chi connectivity index (χ2n) is 6.96. The number of nitrogens with zero attached hydrogens (tertiary/aromatic N) is 5. The fraction of sp³-hybridized carbons (Fsp3) is 0.300. The zero-order chi connectivity index (χ0) is 22.0. The Hall–Kier alpha value is -2.79. The molecule has 0 aliphatic carbocycles. The Balaban J connectivity index is 1.78. The van der Waals surface area contributed by atoms with Gasteiger partial charge in [0.05, 0.1) is 24.0 Å². The fourth-order valence-corrected chi connectivity index (χ4v) is 4.01. The van der Waals surface area contributed by atoms with E-state index in [1.54, 1.807) is 18.5 Å². The van der Waals surface area contributed by atoms with E-state index < -0.39 is 11.9 Å². The number of aliphatic imine (C=N–C) groups is 2. The minimum absolute atomic E-state index is 0.179. The molecule has 1 saturated heterocycles. The highest BCUT2D eigenvalue weighted by Crippen LogP contribution is 2.32. The number of piperazine rings is 1. The van der Waals surface area contributed by atoms with Crippen LogP contribution in [0.1, 0.15) is 16.8 Å². The highest BCUT2D eigenvalue weighted by Gasteiger charge is 2.33. The summed E-state index contributed by atoms with van der Waals surface area (Å²) >= 11 is 3.53. The molecule has 4 heterocycles. The third kappa shape index (κ3) is 4.47. The van der Waals surface area contributed by atoms with Crippen molar-refractivity contribution >= 4 is 45.2 Å². The van der Waals surface area contributed by atoms with Crippen LogP contribution in [0.15, 0.2) is 45.2 Å². The second-order valence-corrected chi connectivity index (χ2v) is 7.82. The number of alkyl halides is 3. The predicted molar refractivity (Wildman–Crippen MR) is 117 cm³/mol. The smallest absolute Gasteiger partial charge is 0.354 e. The van der Waals surface area contributed by atoms with Gasteiger partial charge in [0.2, 0.25) is 0 Å². The lowest BCUT2D eigenvalue weighted by atomic mass is 10.1. The van der Waals surface area contributed by atoms with Gasteiger partial charge in [0, 0.05) is 48.4 Å². The first-order valence-electron chi connectivity index (χ1n) is 9.53. The van der Waals surface area contributed by atoms with Crippen LogP contribution >= 0.6 is 15.9 Å². The minimum Gasteiger partial charge on any atom is -0.354 e. The van der Waals surface area contributed by atoms with Crippen LogP contribution in [0.3, 0.4) is 0 Å². The Morgan fingerprint density at radius 1 is 1.26 bits per heavy atom. The molecular weight excluding hydrogens is 475 g/mol. The van der Waals surface area contributed by atoms with Gasteiger partial charge in [-0.15, -0.1) is 0 Å². The molecule has 0 spiro atoms. The highest BCUT2D eigenvalue weighted by molar-refractivity contribution is 9.10. The normalized spacial score (nSPS) is 15.5. The highest BCUT2D eigenvalue weighted by atomic mass is 79.9. The molecule has 0 saturated carbocycles. The molecule has 4 rings (SSSR count). The van der Waals surface area contributed by atoms with E-state index in [4.69, 9.17) is 4.99 Å². The van der Waals surface area contributed by atoms with Gasteiger partial charge in [0.15, 0.2) is 0 Å². The third-order valence-corrected chi connectivity index (χ3v) is 5.62. The van der Waals surface area contributed by atoms with Crippen LogP contribution in [-0.2, 0) is 12.7 Å². The van der Waals surface area contributed by atoms with E-state index in [1.807, 2.05) is 0 Å². The Morgan fingerprint density at radius 3 is 2.74 bits per heavy atom. The molecule has 0 unspecified atom stereocenters. The molecule has 2 N–H and O–H groups in total. The predicted octanol–water partition coefficient (Wildman–Crippen LogP) is 3.92. The summed E-state index contributed by atoms with van der Waals surface area (Å²) in [4.78, 5) is 21.5. The van der Waals surface area contributed by atoms with E-state index in [0.29, 0.717) is 22.5 Å². The number of rotatable bonds is 4. The lowest BCUT2D eigenvalue weighted by Gasteiger charge is -2.31. The van der Waals surface area contributed by atoms with E-state index in [9.17, 15) is 13.2 Å². The van der Waals surface area contributed by atoms with Gasteiger partial charge in [-0.1, -0.05) is 0 Å². The molecule has 1 fully saturated rings. The molecule has 7 nitrogen and oxygen atoms in total. The van der Waals surface area contributed by atoms with Crippen molar-refractivity contribution in [1.82, 2.24) is 25.2 Å². The molecular formula is C20H19BrF3N7. The van der Waals surface area contributed by atoms with E-state index in [2.05, 4.69) is 52.8 Å². The summed E-state index contributed by atoms with van der Waals surface area (Å²) in [5.41, 5.74) is 1.32. The summed E-state index contributed by atoms with van der Waals surface area (Å²) in [5.74, 6) is 0.690. The number of hydrogen-bond acceptors (Lipinski definition) is 5. The van der Waals surface area contributed by atoms with Crippen LogP contribution in [0.4, 0.5) is 18.9 Å². The molecule has 3 aromatic heterocycles. The molecule has 3 aromatic rings. The van der Waals surface area contributed by atoms with Gasteiger partial charge in [-0.3, -0.25) is 15.0 Å². The Labute approximate surface area is 184 Å². The van der Waals surface area contributed by atoms with Crippen LogP contribution in [0.5, 0.6) is 0 Å². The first-order valence-corrected chi connectivity index (χ1v) is 10.3. The molecule has 0 amide bonds. The van der Waals surface area contributed by atoms with E-state index in [0.717, 1.165) is 42.3 Å². The first kappa shape index (κ1) is 21.4. The van der Waals surface area contributed by atoms with Crippen LogP contribution in [0.2, 0.25) is 0 Å². The number of aromatic nitrogens is 3. The van der Waals surface area contributed by atoms with Crippen LogP contribution in [0, 0.1) is 0 Å². The summed E-state index contributed by atoms with van der Waals surface area (Å²) in [5, 5.41) is 3.70. The Bertz CT molecular complexity index is 1130. The van der Waals surface area contributed by atoms with Gasteiger partial charge >= 0.3 is 6.18 Å². The Kier molecular flexibility index (Phi) is 6.05. The maximum absolute atomic E-state index is 13.1. The van der Waals surface area contributed by atoms with Crippen molar-refractivity contribution in [2.24, 2.45) is 9.98 Å². The second kappa shape index (κ2) is 8.75. The fourth-order valence-electron chi connectivity index (χ4n) is 3.51. The molecule has 31 heavy (non-hydrogen) atoms. The molecule has 0 radical (unpaired) electrons. The number of fused-ring (bicyclic) bond motifs is 1. The molecule has 11 heteroatoms. The minimum atomic E-state index is -4.47. The first-order chi connectivity index (χ1) is 14.9. The van der Waals surface area contributed by atoms with Crippen molar-refractivity contribution in [3.05, 3.63) is 52.0 Å². The van der Waals surface area contributed by atoms with Gasteiger partial charge < -0.3 is 15.2 Å². The van der Waals surface area contributed by atoms with Gasteiger partial charge in [-0.2, -0.15) is 13.2 Å². The van der Waals surface area contributed by atoms with Crippen molar-refractivity contribution in [1.29, 1.82) is 0 Å². The number of pyridine rings is 2. The zero-order valence-electron chi connectivity index (χ0n) is 16.4. The van der Waals surface area contributed by atoms with Crippen LogP contribution in [-0.4, -0.2) is 58.6 Å². The van der Waals surface area contributed by atoms with Crippen LogP contribution < -0.4 is 5.32 Å². The molecule has 1 aliphatic heterocycles. The molecule has 1 aliphatic rings. The molecule has 162 valence electrons. The largest absolute Gasteiger partial charge is 0.431 e. The molecule has 0 aromatic carbocycles. The molecule has 0 atom stereocenters. The van der Waals surface area contributed by atoms with Crippen molar-refractivity contribution in [3.63, 3.8) is 0 Å². The average molecular weight is 494 g/mol. The summed E-state index contributed by atoms with van der Waals surface area (Å²) < 4.78 is 40.1. The zero-order valence-corrected chi connectivity index (χ0v) is 18.0. The average Bonchev–Trinajstić information content (AvgIpc) is 3.21. The summed E-state index contributed by atoms with van der Waals surface area (Å²) in [6, 6.07) is 2.76. The topological polar surface area (TPSA) is 81.6 Å². The molecule has 0 bridgehead atoms. The van der Waals surface area contributed by atoms with Crippen molar-refractivity contribution < 1.29 is 13.2 Å². The number of halogens is 4. The van der Waals surface area contributed by atoms with Crippen molar-refractivity contribution in [2.45, 2.75) is 12.7 Å². The number of hydrogen-bond donors (Lipinski definition) is 2. The van der Waals surface area contributed by atoms with E-state index >= 15 is 0 Å².